The molecular weight excluding hydrogens is 238 g/mol. The van der Waals surface area contributed by atoms with E-state index in [1.165, 1.54) is 12.8 Å². The smallest absolute Gasteiger partial charge is 0.143 e. The van der Waals surface area contributed by atoms with Crippen LogP contribution in [-0.2, 0) is 0 Å². The van der Waals surface area contributed by atoms with Crippen LogP contribution in [0.1, 0.15) is 32.3 Å². The van der Waals surface area contributed by atoms with E-state index >= 15 is 0 Å². The van der Waals surface area contributed by atoms with Gasteiger partial charge in [-0.3, -0.25) is 0 Å². The molecule has 5 nitrogen and oxygen atoms in total. The summed E-state index contributed by atoms with van der Waals surface area (Å²) in [6.45, 7) is 7.57. The number of hydrogen-bond donors (Lipinski definition) is 1. The van der Waals surface area contributed by atoms with E-state index in [1.54, 1.807) is 11.0 Å². The van der Waals surface area contributed by atoms with Crippen molar-refractivity contribution in [3.05, 3.63) is 30.1 Å². The zero-order valence-corrected chi connectivity index (χ0v) is 11.8. The van der Waals surface area contributed by atoms with Crippen LogP contribution in [0.4, 0.5) is 5.69 Å². The molecule has 1 aromatic carbocycles. The van der Waals surface area contributed by atoms with Crippen molar-refractivity contribution in [2.24, 2.45) is 5.92 Å². The van der Waals surface area contributed by atoms with Crippen LogP contribution in [0.15, 0.2) is 24.5 Å². The molecule has 2 rings (SSSR count). The van der Waals surface area contributed by atoms with Gasteiger partial charge in [0, 0.05) is 12.2 Å². The minimum Gasteiger partial charge on any atom is -0.385 e. The number of nitrogens with zero attached hydrogens (tertiary/aromatic N) is 4. The molecule has 2 aromatic rings. The third-order valence-electron chi connectivity index (χ3n) is 3.54. The Morgan fingerprint density at radius 1 is 1.26 bits per heavy atom. The average molecular weight is 259 g/mol. The molecule has 0 aliphatic carbocycles. The Bertz CT molecular complexity index is 503. The van der Waals surface area contributed by atoms with E-state index in [9.17, 15) is 0 Å². The van der Waals surface area contributed by atoms with Gasteiger partial charge in [-0.15, -0.1) is 5.10 Å². The predicted molar refractivity (Wildman–Crippen MR) is 76.5 cm³/mol. The van der Waals surface area contributed by atoms with Gasteiger partial charge >= 0.3 is 0 Å². The SMILES string of the molecule is CCC(CC)CNc1ccc(-n2cnnn2)c(C)c1. The maximum absolute atomic E-state index is 3.91. The molecule has 19 heavy (non-hydrogen) atoms. The summed E-state index contributed by atoms with van der Waals surface area (Å²) in [4.78, 5) is 0. The van der Waals surface area contributed by atoms with Gasteiger partial charge in [-0.05, 0) is 47.0 Å². The molecule has 0 aliphatic rings. The molecule has 1 N–H and O–H groups in total. The number of tetrazole rings is 1. The topological polar surface area (TPSA) is 55.6 Å². The van der Waals surface area contributed by atoms with Crippen LogP contribution in [0.2, 0.25) is 0 Å². The third-order valence-corrected chi connectivity index (χ3v) is 3.54. The molecule has 0 spiro atoms. The van der Waals surface area contributed by atoms with Crippen molar-refractivity contribution in [1.29, 1.82) is 0 Å². The fourth-order valence-electron chi connectivity index (χ4n) is 2.13. The molecule has 5 heteroatoms. The lowest BCUT2D eigenvalue weighted by Gasteiger charge is -2.15. The zero-order valence-electron chi connectivity index (χ0n) is 11.8. The number of hydrogen-bond acceptors (Lipinski definition) is 4. The van der Waals surface area contributed by atoms with Crippen LogP contribution in [0.25, 0.3) is 5.69 Å². The molecule has 0 radical (unpaired) electrons. The van der Waals surface area contributed by atoms with Crippen LogP contribution >= 0.6 is 0 Å². The Morgan fingerprint density at radius 3 is 2.63 bits per heavy atom. The highest BCUT2D eigenvalue weighted by Crippen LogP contribution is 2.18. The molecule has 0 aliphatic heterocycles. The van der Waals surface area contributed by atoms with Gasteiger partial charge in [0.15, 0.2) is 0 Å². The Hall–Kier alpha value is -1.91. The molecule has 102 valence electrons. The summed E-state index contributed by atoms with van der Waals surface area (Å²) in [6.07, 6.45) is 4.04. The maximum Gasteiger partial charge on any atom is 0.143 e. The Morgan fingerprint density at radius 2 is 2.05 bits per heavy atom. The number of anilines is 1. The van der Waals surface area contributed by atoms with Crippen molar-refractivity contribution in [2.75, 3.05) is 11.9 Å². The molecule has 0 saturated heterocycles. The van der Waals surface area contributed by atoms with Crippen molar-refractivity contribution in [2.45, 2.75) is 33.6 Å². The van der Waals surface area contributed by atoms with Crippen molar-refractivity contribution < 1.29 is 0 Å². The molecule has 0 atom stereocenters. The number of benzene rings is 1. The normalized spacial score (nSPS) is 10.9. The minimum absolute atomic E-state index is 0.736. The molecule has 0 amide bonds. The van der Waals surface area contributed by atoms with Crippen molar-refractivity contribution in [1.82, 2.24) is 20.2 Å². The molecule has 0 fully saturated rings. The fraction of sp³-hybridized carbons (Fsp3) is 0.500. The molecule has 0 unspecified atom stereocenters. The maximum atomic E-state index is 3.91. The van der Waals surface area contributed by atoms with Gasteiger partial charge in [0.2, 0.25) is 0 Å². The van der Waals surface area contributed by atoms with E-state index in [4.69, 9.17) is 0 Å². The summed E-state index contributed by atoms with van der Waals surface area (Å²) in [6, 6.07) is 6.26. The summed E-state index contributed by atoms with van der Waals surface area (Å²) < 4.78 is 1.68. The third kappa shape index (κ3) is 3.30. The van der Waals surface area contributed by atoms with Crippen LogP contribution in [0, 0.1) is 12.8 Å². The highest BCUT2D eigenvalue weighted by atomic mass is 15.5. The van der Waals surface area contributed by atoms with E-state index in [-0.39, 0.29) is 0 Å². The summed E-state index contributed by atoms with van der Waals surface area (Å²) in [7, 11) is 0. The summed E-state index contributed by atoms with van der Waals surface area (Å²) in [5.74, 6) is 0.736. The lowest BCUT2D eigenvalue weighted by atomic mass is 10.0. The number of aryl methyl sites for hydroxylation is 1. The van der Waals surface area contributed by atoms with Gasteiger partial charge < -0.3 is 5.32 Å². The number of rotatable bonds is 6. The van der Waals surface area contributed by atoms with Gasteiger partial charge in [0.05, 0.1) is 5.69 Å². The molecule has 0 bridgehead atoms. The largest absolute Gasteiger partial charge is 0.385 e. The van der Waals surface area contributed by atoms with Gasteiger partial charge in [0.1, 0.15) is 6.33 Å². The second-order valence-electron chi connectivity index (χ2n) is 4.82. The highest BCUT2D eigenvalue weighted by Gasteiger charge is 2.06. The first-order valence-corrected chi connectivity index (χ1v) is 6.82. The lowest BCUT2D eigenvalue weighted by Crippen LogP contribution is -2.12. The van der Waals surface area contributed by atoms with Crippen LogP contribution < -0.4 is 5.32 Å². The van der Waals surface area contributed by atoms with Gasteiger partial charge in [-0.25, -0.2) is 4.68 Å². The van der Waals surface area contributed by atoms with Gasteiger partial charge in [-0.2, -0.15) is 0 Å². The van der Waals surface area contributed by atoms with Crippen molar-refractivity contribution >= 4 is 5.69 Å². The van der Waals surface area contributed by atoms with E-state index in [0.29, 0.717) is 0 Å². The summed E-state index contributed by atoms with van der Waals surface area (Å²) in [5.41, 5.74) is 3.32. The summed E-state index contributed by atoms with van der Waals surface area (Å²) in [5, 5.41) is 14.7. The average Bonchev–Trinajstić information content (AvgIpc) is 2.94. The lowest BCUT2D eigenvalue weighted by molar-refractivity contribution is 0.519. The van der Waals surface area contributed by atoms with Crippen LogP contribution in [-0.4, -0.2) is 26.8 Å². The quantitative estimate of drug-likeness (QED) is 0.866. The number of aromatic nitrogens is 4. The monoisotopic (exact) mass is 259 g/mol. The Labute approximate surface area is 114 Å². The van der Waals surface area contributed by atoms with Crippen LogP contribution in [0.3, 0.4) is 0 Å². The first-order valence-electron chi connectivity index (χ1n) is 6.82. The summed E-state index contributed by atoms with van der Waals surface area (Å²) >= 11 is 0. The van der Waals surface area contributed by atoms with Crippen LogP contribution in [0.5, 0.6) is 0 Å². The highest BCUT2D eigenvalue weighted by molar-refractivity contribution is 5.53. The van der Waals surface area contributed by atoms with Gasteiger partial charge in [0.25, 0.3) is 0 Å². The van der Waals surface area contributed by atoms with E-state index < -0.39 is 0 Å². The second kappa shape index (κ2) is 6.31. The van der Waals surface area contributed by atoms with E-state index in [2.05, 4.69) is 53.7 Å². The molecule has 1 heterocycles. The second-order valence-corrected chi connectivity index (χ2v) is 4.82. The molecular formula is C14H21N5. The van der Waals surface area contributed by atoms with E-state index in [1.807, 2.05) is 6.07 Å². The Balaban J connectivity index is 2.07. The zero-order chi connectivity index (χ0) is 13.7. The standard InChI is InChI=1S/C14H21N5/c1-4-12(5-2)9-15-13-6-7-14(11(3)8-13)19-10-16-17-18-19/h6-8,10,12,15H,4-5,9H2,1-3H3. The Kier molecular flexibility index (Phi) is 4.49. The molecule has 0 saturated carbocycles. The molecule has 1 aromatic heterocycles. The van der Waals surface area contributed by atoms with Crippen molar-refractivity contribution in [3.63, 3.8) is 0 Å². The van der Waals surface area contributed by atoms with Gasteiger partial charge in [-0.1, -0.05) is 26.7 Å². The first kappa shape index (κ1) is 13.5. The van der Waals surface area contributed by atoms with Crippen molar-refractivity contribution in [3.8, 4) is 5.69 Å². The fourth-order valence-corrected chi connectivity index (χ4v) is 2.13. The van der Waals surface area contributed by atoms with E-state index in [0.717, 1.165) is 29.4 Å². The first-order chi connectivity index (χ1) is 9.24. The number of nitrogens with one attached hydrogen (secondary N) is 1. The predicted octanol–water partition coefficient (Wildman–Crippen LogP) is 2.82. The minimum atomic E-state index is 0.736.